The zero-order valence-electron chi connectivity index (χ0n) is 34.2. The SMILES string of the molecule is CCOC(=O)CCCCOc1cc(OC)c(CN(C(=O)[C@H](CC(C)C)NC(=O)OCC2c3ccccc3-c3ccccc32)C(CC(F)(F)F)C(OC)OC)c(OC)c1. The first-order valence-corrected chi connectivity index (χ1v) is 19.3. The normalized spacial score (nSPS) is 13.4. The van der Waals surface area contributed by atoms with Crippen LogP contribution in [0.4, 0.5) is 18.0 Å². The summed E-state index contributed by atoms with van der Waals surface area (Å²) >= 11 is 0. The van der Waals surface area contributed by atoms with E-state index in [2.05, 4.69) is 5.32 Å². The third kappa shape index (κ3) is 12.2. The number of carbonyl (C=O) groups excluding carboxylic acids is 3. The molecule has 0 spiro atoms. The molecule has 0 heterocycles. The maximum atomic E-state index is 14.8. The molecule has 0 saturated carbocycles. The number of nitrogens with zero attached hydrogens (tertiary/aromatic N) is 1. The van der Waals surface area contributed by atoms with E-state index in [-0.39, 0.29) is 60.9 Å². The Labute approximate surface area is 338 Å². The molecule has 12 nitrogen and oxygen atoms in total. The van der Waals surface area contributed by atoms with E-state index in [1.165, 1.54) is 40.6 Å². The number of alkyl carbamates (subject to hydrolysis) is 1. The van der Waals surface area contributed by atoms with Crippen molar-refractivity contribution in [2.75, 3.05) is 48.3 Å². The number of amides is 2. The molecule has 1 aliphatic rings. The van der Waals surface area contributed by atoms with Gasteiger partial charge >= 0.3 is 18.2 Å². The number of rotatable bonds is 22. The number of esters is 1. The van der Waals surface area contributed by atoms with Crippen LogP contribution in [0.2, 0.25) is 0 Å². The van der Waals surface area contributed by atoms with Crippen molar-refractivity contribution in [3.8, 4) is 28.4 Å². The largest absolute Gasteiger partial charge is 0.496 e. The lowest BCUT2D eigenvalue weighted by Gasteiger charge is -2.38. The Bertz CT molecular complexity index is 1750. The first-order chi connectivity index (χ1) is 27.7. The van der Waals surface area contributed by atoms with Gasteiger partial charge in [-0.25, -0.2) is 4.79 Å². The summed E-state index contributed by atoms with van der Waals surface area (Å²) in [6.07, 6.45) is -7.30. The second-order valence-corrected chi connectivity index (χ2v) is 14.3. The molecule has 0 fully saturated rings. The van der Waals surface area contributed by atoms with Crippen LogP contribution in [0.5, 0.6) is 17.2 Å². The molecular weight excluding hydrogens is 761 g/mol. The number of benzene rings is 3. The van der Waals surface area contributed by atoms with Gasteiger partial charge in [0.25, 0.3) is 0 Å². The molecule has 0 aliphatic heterocycles. The molecule has 1 unspecified atom stereocenters. The van der Waals surface area contributed by atoms with Crippen LogP contribution < -0.4 is 19.5 Å². The van der Waals surface area contributed by atoms with Crippen molar-refractivity contribution in [1.29, 1.82) is 0 Å². The summed E-state index contributed by atoms with van der Waals surface area (Å²) in [6.45, 7) is 5.43. The summed E-state index contributed by atoms with van der Waals surface area (Å²) in [5.74, 6) is -0.899. The van der Waals surface area contributed by atoms with E-state index in [0.29, 0.717) is 25.2 Å². The second kappa shape index (κ2) is 21.7. The van der Waals surface area contributed by atoms with Crippen molar-refractivity contribution < 1.29 is 60.7 Å². The summed E-state index contributed by atoms with van der Waals surface area (Å²) in [6, 6.07) is 15.7. The average Bonchev–Trinajstić information content (AvgIpc) is 3.51. The molecule has 4 rings (SSSR count). The molecule has 15 heteroatoms. The lowest BCUT2D eigenvalue weighted by molar-refractivity contribution is -0.201. The van der Waals surface area contributed by atoms with Crippen molar-refractivity contribution in [1.82, 2.24) is 10.2 Å². The van der Waals surface area contributed by atoms with Crippen molar-refractivity contribution >= 4 is 18.0 Å². The molecule has 58 heavy (non-hydrogen) atoms. The molecule has 3 aromatic rings. The Morgan fingerprint density at radius 1 is 0.845 bits per heavy atom. The third-order valence-electron chi connectivity index (χ3n) is 9.80. The highest BCUT2D eigenvalue weighted by molar-refractivity contribution is 5.86. The molecule has 1 N–H and O–H groups in total. The molecule has 2 amide bonds. The van der Waals surface area contributed by atoms with Gasteiger partial charge in [0.1, 0.15) is 29.9 Å². The van der Waals surface area contributed by atoms with Crippen LogP contribution in [0.25, 0.3) is 11.1 Å². The Morgan fingerprint density at radius 3 is 1.95 bits per heavy atom. The molecule has 0 radical (unpaired) electrons. The van der Waals surface area contributed by atoms with E-state index < -0.39 is 49.5 Å². The van der Waals surface area contributed by atoms with E-state index in [1.807, 2.05) is 62.4 Å². The van der Waals surface area contributed by atoms with Gasteiger partial charge in [0.2, 0.25) is 5.91 Å². The van der Waals surface area contributed by atoms with E-state index in [1.54, 1.807) is 6.92 Å². The summed E-state index contributed by atoms with van der Waals surface area (Å²) in [4.78, 5) is 41.0. The topological polar surface area (TPSA) is 131 Å². The lowest BCUT2D eigenvalue weighted by Crippen LogP contribution is -2.56. The highest BCUT2D eigenvalue weighted by atomic mass is 19.4. The first-order valence-electron chi connectivity index (χ1n) is 19.3. The number of hydrogen-bond acceptors (Lipinski definition) is 10. The van der Waals surface area contributed by atoms with Crippen molar-refractivity contribution in [2.45, 2.75) is 89.9 Å². The Morgan fingerprint density at radius 2 is 1.43 bits per heavy atom. The number of alkyl halides is 3. The van der Waals surface area contributed by atoms with Crippen LogP contribution in [0.1, 0.15) is 75.5 Å². The van der Waals surface area contributed by atoms with E-state index in [9.17, 15) is 27.6 Å². The fraction of sp³-hybridized carbons (Fsp3) is 0.512. The average molecular weight is 817 g/mol. The van der Waals surface area contributed by atoms with Crippen LogP contribution in [-0.4, -0.2) is 95.7 Å². The molecule has 3 aromatic carbocycles. The number of ether oxygens (including phenoxy) is 7. The van der Waals surface area contributed by atoms with Crippen LogP contribution in [0.3, 0.4) is 0 Å². The van der Waals surface area contributed by atoms with Crippen LogP contribution in [-0.2, 0) is 35.1 Å². The first kappa shape index (κ1) is 45.7. The zero-order chi connectivity index (χ0) is 42.4. The number of methoxy groups -OCH3 is 4. The smallest absolute Gasteiger partial charge is 0.407 e. The number of carbonyl (C=O) groups is 3. The fourth-order valence-electron chi connectivity index (χ4n) is 7.20. The minimum absolute atomic E-state index is 0.0352. The van der Waals surface area contributed by atoms with Gasteiger partial charge in [-0.15, -0.1) is 0 Å². The Balaban J connectivity index is 1.63. The van der Waals surface area contributed by atoms with E-state index in [0.717, 1.165) is 27.2 Å². The molecule has 0 bridgehead atoms. The number of unbranched alkanes of at least 4 members (excludes halogenated alkanes) is 1. The third-order valence-corrected chi connectivity index (χ3v) is 9.80. The Kier molecular flexibility index (Phi) is 17.1. The fourth-order valence-corrected chi connectivity index (χ4v) is 7.20. The predicted octanol–water partition coefficient (Wildman–Crippen LogP) is 8.04. The molecule has 0 aromatic heterocycles. The van der Waals surface area contributed by atoms with Crippen LogP contribution in [0, 0.1) is 5.92 Å². The second-order valence-electron chi connectivity index (χ2n) is 14.3. The molecule has 0 saturated heterocycles. The molecule has 318 valence electrons. The van der Waals surface area contributed by atoms with Gasteiger partial charge in [0, 0.05) is 38.7 Å². The predicted molar refractivity (Wildman–Crippen MR) is 210 cm³/mol. The number of halogens is 3. The Hall–Kier alpha value is -5.02. The van der Waals surface area contributed by atoms with Gasteiger partial charge in [-0.3, -0.25) is 9.59 Å². The van der Waals surface area contributed by atoms with Gasteiger partial charge in [0.15, 0.2) is 6.29 Å². The van der Waals surface area contributed by atoms with Gasteiger partial charge < -0.3 is 43.4 Å². The monoisotopic (exact) mass is 816 g/mol. The van der Waals surface area contributed by atoms with Gasteiger partial charge in [-0.05, 0) is 54.4 Å². The number of fused-ring (bicyclic) bond motifs is 3. The minimum atomic E-state index is -4.76. The minimum Gasteiger partial charge on any atom is -0.496 e. The maximum Gasteiger partial charge on any atom is 0.407 e. The quantitative estimate of drug-likeness (QED) is 0.0604. The highest BCUT2D eigenvalue weighted by Crippen LogP contribution is 2.44. The van der Waals surface area contributed by atoms with Crippen LogP contribution >= 0.6 is 0 Å². The van der Waals surface area contributed by atoms with Gasteiger partial charge in [0.05, 0.1) is 52.0 Å². The highest BCUT2D eigenvalue weighted by Gasteiger charge is 2.44. The van der Waals surface area contributed by atoms with E-state index >= 15 is 0 Å². The summed E-state index contributed by atoms with van der Waals surface area (Å²) < 4.78 is 81.7. The van der Waals surface area contributed by atoms with Gasteiger partial charge in [-0.1, -0.05) is 62.4 Å². The molecular formula is C43H55F3N2O10. The standard InChI is InChI=1S/C43H55F3N2O10/c1-8-56-39(49)19-13-14-20-57-28-22-37(52-4)33(38(23-28)53-5)25-48(36(24-43(44,45)46)41(54-6)55-7)40(50)35(21-27(2)3)47-42(51)58-26-34-31-17-11-9-15-29(31)30-16-10-12-18-32(30)34/h9-12,15-18,22-23,27,34-36,41H,8,13-14,19-21,24-26H2,1-7H3,(H,47,51)/t35-,36?/m0/s1. The molecule has 1 aliphatic carbocycles. The lowest BCUT2D eigenvalue weighted by atomic mass is 9.98. The summed E-state index contributed by atoms with van der Waals surface area (Å²) in [7, 11) is 5.10. The zero-order valence-corrected chi connectivity index (χ0v) is 34.2. The number of hydrogen-bond donors (Lipinski definition) is 1. The van der Waals surface area contributed by atoms with E-state index in [4.69, 9.17) is 33.2 Å². The van der Waals surface area contributed by atoms with Crippen molar-refractivity contribution in [2.24, 2.45) is 5.92 Å². The number of nitrogens with one attached hydrogen (secondary N) is 1. The van der Waals surface area contributed by atoms with Crippen molar-refractivity contribution in [3.05, 3.63) is 77.4 Å². The maximum absolute atomic E-state index is 14.8. The molecule has 2 atom stereocenters. The summed E-state index contributed by atoms with van der Waals surface area (Å²) in [5.41, 5.74) is 4.29. The van der Waals surface area contributed by atoms with Crippen LogP contribution in [0.15, 0.2) is 60.7 Å². The van der Waals surface area contributed by atoms with Gasteiger partial charge in [-0.2, -0.15) is 13.2 Å². The van der Waals surface area contributed by atoms with Crippen molar-refractivity contribution in [3.63, 3.8) is 0 Å². The summed E-state index contributed by atoms with van der Waals surface area (Å²) in [5, 5.41) is 2.67.